The molecule has 0 spiro atoms. The number of aromatic nitrogens is 1. The van der Waals surface area contributed by atoms with Gasteiger partial charge >= 0.3 is 12.1 Å². The van der Waals surface area contributed by atoms with Crippen molar-refractivity contribution in [3.63, 3.8) is 0 Å². The van der Waals surface area contributed by atoms with Crippen molar-refractivity contribution in [1.82, 2.24) is 9.88 Å². The number of carbonyl (C=O) groups is 1. The van der Waals surface area contributed by atoms with Crippen LogP contribution in [-0.2, 0) is 25.6 Å². The number of halogens is 4. The Morgan fingerprint density at radius 3 is 2.58 bits per heavy atom. The van der Waals surface area contributed by atoms with Crippen LogP contribution in [0.5, 0.6) is 0 Å². The molecule has 2 heterocycles. The summed E-state index contributed by atoms with van der Waals surface area (Å²) in [7, 11) is 0. The summed E-state index contributed by atoms with van der Waals surface area (Å²) < 4.78 is 57.2. The number of nitrogens with one attached hydrogen (secondary N) is 1. The number of hydrogen-bond acceptors (Lipinski definition) is 4. The highest BCUT2D eigenvalue weighted by Gasteiger charge is 2.30. The Bertz CT molecular complexity index is 1050. The van der Waals surface area contributed by atoms with E-state index in [2.05, 4.69) is 15.2 Å². The fourth-order valence-corrected chi connectivity index (χ4v) is 3.47. The van der Waals surface area contributed by atoms with Crippen LogP contribution in [0.15, 0.2) is 52.9 Å². The van der Waals surface area contributed by atoms with Gasteiger partial charge in [0.2, 0.25) is 0 Å². The lowest BCUT2D eigenvalue weighted by Crippen LogP contribution is -2.26. The fraction of sp³-hybridized carbons (Fsp3) is 0.273. The summed E-state index contributed by atoms with van der Waals surface area (Å²) in [5.41, 5.74) is 0.818. The molecule has 5 nitrogen and oxygen atoms in total. The zero-order valence-electron chi connectivity index (χ0n) is 16.4. The highest BCUT2D eigenvalue weighted by molar-refractivity contribution is 6.01. The zero-order chi connectivity index (χ0) is 22.0. The molecule has 0 aliphatic carbocycles. The predicted octanol–water partition coefficient (Wildman–Crippen LogP) is 4.69. The van der Waals surface area contributed by atoms with E-state index in [0.717, 1.165) is 17.7 Å². The molecule has 1 amide bonds. The maximum Gasteiger partial charge on any atom is 0.416 e. The number of carbonyl (C=O) groups excluding carboxylic acids is 1. The molecule has 1 aliphatic heterocycles. The van der Waals surface area contributed by atoms with Gasteiger partial charge in [-0.2, -0.15) is 13.2 Å². The van der Waals surface area contributed by atoms with E-state index in [9.17, 15) is 22.4 Å². The number of anilines is 1. The third-order valence-corrected chi connectivity index (χ3v) is 5.06. The van der Waals surface area contributed by atoms with Crippen LogP contribution in [0.4, 0.5) is 23.2 Å². The van der Waals surface area contributed by atoms with Gasteiger partial charge in [-0.15, -0.1) is 0 Å². The minimum atomic E-state index is -4.50. The van der Waals surface area contributed by atoms with Gasteiger partial charge in [-0.3, -0.25) is 9.69 Å². The van der Waals surface area contributed by atoms with Crippen molar-refractivity contribution in [1.29, 1.82) is 0 Å². The maximum atomic E-state index is 13.1. The maximum absolute atomic E-state index is 13.1. The molecule has 0 unspecified atom stereocenters. The summed E-state index contributed by atoms with van der Waals surface area (Å²) in [6.07, 6.45) is -3.39. The normalized spacial score (nSPS) is 14.7. The molecule has 0 fully saturated rings. The first-order valence-electron chi connectivity index (χ1n) is 9.72. The molecule has 1 aliphatic rings. The average molecular weight is 433 g/mol. The van der Waals surface area contributed by atoms with Gasteiger partial charge in [-0.05, 0) is 35.9 Å². The lowest BCUT2D eigenvalue weighted by molar-refractivity contribution is -0.137. The van der Waals surface area contributed by atoms with Gasteiger partial charge in [0.15, 0.2) is 0 Å². The Labute approximate surface area is 175 Å². The molecule has 0 bridgehead atoms. The number of fused-ring (bicyclic) bond motifs is 1. The molecular weight excluding hydrogens is 414 g/mol. The highest BCUT2D eigenvalue weighted by Crippen LogP contribution is 2.30. The minimum absolute atomic E-state index is 0.0127. The first kappa shape index (κ1) is 21.0. The number of nitrogens with zero attached hydrogens (tertiary/aromatic N) is 2. The number of oxazole rings is 1. The Kier molecular flexibility index (Phi) is 5.77. The van der Waals surface area contributed by atoms with Gasteiger partial charge in [-0.25, -0.2) is 9.37 Å². The molecule has 0 saturated carbocycles. The van der Waals surface area contributed by atoms with Crippen molar-refractivity contribution >= 4 is 11.6 Å². The van der Waals surface area contributed by atoms with E-state index >= 15 is 0 Å². The number of rotatable bonds is 4. The average Bonchev–Trinajstić information content (AvgIpc) is 3.05. The van der Waals surface area contributed by atoms with Crippen LogP contribution in [0.25, 0.3) is 0 Å². The Morgan fingerprint density at radius 1 is 1.10 bits per heavy atom. The smallest absolute Gasteiger partial charge is 0.416 e. The SMILES string of the molecule is O=C(Nc1cccc(C(F)(F)F)c1)c1nc2c(o1)CCN(Cc1ccc(F)cc1)CC2. The number of amides is 1. The van der Waals surface area contributed by atoms with Crippen LogP contribution in [0.3, 0.4) is 0 Å². The molecule has 2 aromatic carbocycles. The Hall–Kier alpha value is -3.20. The summed E-state index contributed by atoms with van der Waals surface area (Å²) >= 11 is 0. The van der Waals surface area contributed by atoms with Crippen LogP contribution in [0, 0.1) is 5.82 Å². The number of hydrogen-bond donors (Lipinski definition) is 1. The van der Waals surface area contributed by atoms with Crippen LogP contribution in [0.2, 0.25) is 0 Å². The Balaban J connectivity index is 1.39. The topological polar surface area (TPSA) is 58.4 Å². The van der Waals surface area contributed by atoms with Crippen LogP contribution >= 0.6 is 0 Å². The van der Waals surface area contributed by atoms with Gasteiger partial charge in [0.1, 0.15) is 11.6 Å². The predicted molar refractivity (Wildman–Crippen MR) is 105 cm³/mol. The third-order valence-electron chi connectivity index (χ3n) is 5.06. The molecule has 1 aromatic heterocycles. The quantitative estimate of drug-likeness (QED) is 0.607. The van der Waals surface area contributed by atoms with Crippen molar-refractivity contribution in [2.75, 3.05) is 18.4 Å². The van der Waals surface area contributed by atoms with Crippen molar-refractivity contribution < 1.29 is 26.8 Å². The van der Waals surface area contributed by atoms with E-state index in [0.29, 0.717) is 43.9 Å². The minimum Gasteiger partial charge on any atom is -0.437 e. The Morgan fingerprint density at radius 2 is 1.84 bits per heavy atom. The number of benzene rings is 2. The number of alkyl halides is 3. The summed E-state index contributed by atoms with van der Waals surface area (Å²) in [5.74, 6) is -0.556. The van der Waals surface area contributed by atoms with Crippen molar-refractivity contribution in [3.8, 4) is 0 Å². The standard InChI is InChI=1S/C22H19F4N3O2/c23-16-6-4-14(5-7-16)13-29-10-8-18-19(9-11-29)31-21(28-18)20(30)27-17-3-1-2-15(12-17)22(24,25)26/h1-7,12H,8-11,13H2,(H,27,30). The van der Waals surface area contributed by atoms with E-state index in [1.54, 1.807) is 12.1 Å². The molecule has 162 valence electrons. The second-order valence-corrected chi connectivity index (χ2v) is 7.32. The van der Waals surface area contributed by atoms with Crippen LogP contribution in [-0.4, -0.2) is 28.9 Å². The van der Waals surface area contributed by atoms with E-state index in [-0.39, 0.29) is 17.4 Å². The van der Waals surface area contributed by atoms with Gasteiger partial charge in [-0.1, -0.05) is 18.2 Å². The first-order chi connectivity index (χ1) is 14.8. The molecular formula is C22H19F4N3O2. The molecule has 0 saturated heterocycles. The third kappa shape index (κ3) is 5.11. The van der Waals surface area contributed by atoms with Gasteiger partial charge in [0, 0.05) is 38.2 Å². The van der Waals surface area contributed by atoms with Gasteiger partial charge < -0.3 is 9.73 Å². The van der Waals surface area contributed by atoms with Crippen molar-refractivity contribution in [2.45, 2.75) is 25.6 Å². The molecule has 1 N–H and O–H groups in total. The largest absolute Gasteiger partial charge is 0.437 e. The molecule has 0 radical (unpaired) electrons. The highest BCUT2D eigenvalue weighted by atomic mass is 19.4. The van der Waals surface area contributed by atoms with E-state index < -0.39 is 17.6 Å². The van der Waals surface area contributed by atoms with Gasteiger partial charge in [0.05, 0.1) is 11.3 Å². The van der Waals surface area contributed by atoms with Crippen molar-refractivity contribution in [2.24, 2.45) is 0 Å². The molecule has 4 rings (SSSR count). The summed E-state index contributed by atoms with van der Waals surface area (Å²) in [4.78, 5) is 18.9. The first-order valence-corrected chi connectivity index (χ1v) is 9.72. The summed E-state index contributed by atoms with van der Waals surface area (Å²) in [6.45, 7) is 2.02. The van der Waals surface area contributed by atoms with Gasteiger partial charge in [0.25, 0.3) is 5.89 Å². The second-order valence-electron chi connectivity index (χ2n) is 7.32. The van der Waals surface area contributed by atoms with E-state index in [1.165, 1.54) is 24.3 Å². The fourth-order valence-electron chi connectivity index (χ4n) is 3.47. The second kappa shape index (κ2) is 8.50. The molecule has 3 aromatic rings. The lowest BCUT2D eigenvalue weighted by Gasteiger charge is -2.19. The monoisotopic (exact) mass is 433 g/mol. The molecule has 0 atom stereocenters. The van der Waals surface area contributed by atoms with Crippen LogP contribution in [0.1, 0.15) is 33.3 Å². The summed E-state index contributed by atoms with van der Waals surface area (Å²) in [6, 6.07) is 10.7. The zero-order valence-corrected chi connectivity index (χ0v) is 16.4. The summed E-state index contributed by atoms with van der Waals surface area (Å²) in [5, 5.41) is 2.41. The van der Waals surface area contributed by atoms with E-state index in [4.69, 9.17) is 4.42 Å². The lowest BCUT2D eigenvalue weighted by atomic mass is 10.2. The van der Waals surface area contributed by atoms with Crippen molar-refractivity contribution in [3.05, 3.63) is 82.8 Å². The van der Waals surface area contributed by atoms with Crippen LogP contribution < -0.4 is 5.32 Å². The van der Waals surface area contributed by atoms with E-state index in [1.807, 2.05) is 0 Å². The molecule has 31 heavy (non-hydrogen) atoms. The molecule has 9 heteroatoms.